The van der Waals surface area contributed by atoms with Gasteiger partial charge in [-0.05, 0) is 61.4 Å². The Labute approximate surface area is 274 Å². The zero-order valence-electron chi connectivity index (χ0n) is 25.2. The third kappa shape index (κ3) is 8.36. The fourth-order valence-electron chi connectivity index (χ4n) is 4.85. The monoisotopic (exact) mass is 667 g/mol. The van der Waals surface area contributed by atoms with Gasteiger partial charge in [0.2, 0.25) is 11.8 Å². The number of carbonyl (C=O) groups is 2. The third-order valence-corrected chi connectivity index (χ3v) is 9.78. The molecular weight excluding hydrogens is 633 g/mol. The van der Waals surface area contributed by atoms with Crippen LogP contribution >= 0.6 is 23.2 Å². The molecule has 4 rings (SSSR count). The molecule has 4 aromatic carbocycles. The molecule has 4 aromatic rings. The van der Waals surface area contributed by atoms with Crippen molar-refractivity contribution < 1.29 is 22.7 Å². The summed E-state index contributed by atoms with van der Waals surface area (Å²) in [5.74, 6) is -0.408. The summed E-state index contributed by atoms with van der Waals surface area (Å²) in [4.78, 5) is 29.5. The largest absolute Gasteiger partial charge is 0.497 e. The second kappa shape index (κ2) is 15.3. The van der Waals surface area contributed by atoms with Gasteiger partial charge in [-0.1, -0.05) is 89.4 Å². The lowest BCUT2D eigenvalue weighted by Gasteiger charge is -2.34. The van der Waals surface area contributed by atoms with Gasteiger partial charge >= 0.3 is 0 Å². The number of aryl methyl sites for hydroxylation is 1. The smallest absolute Gasteiger partial charge is 0.264 e. The SMILES string of the molecule is CCNC(=O)C(Cc1ccccc1)N(Cc1cccc(OC)c1)C(=O)CN(c1cccc(Cl)c1Cl)S(=O)(=O)c1ccc(C)cc1. The molecule has 1 unspecified atom stereocenters. The van der Waals surface area contributed by atoms with E-state index in [9.17, 15) is 18.0 Å². The zero-order chi connectivity index (χ0) is 32.6. The molecule has 0 fully saturated rings. The molecule has 0 bridgehead atoms. The number of anilines is 1. The summed E-state index contributed by atoms with van der Waals surface area (Å²) in [6.45, 7) is 3.34. The lowest BCUT2D eigenvalue weighted by atomic mass is 10.0. The number of ether oxygens (including phenoxy) is 1. The van der Waals surface area contributed by atoms with E-state index in [4.69, 9.17) is 27.9 Å². The summed E-state index contributed by atoms with van der Waals surface area (Å²) < 4.78 is 34.7. The fourth-order valence-corrected chi connectivity index (χ4v) is 6.72. The Morgan fingerprint density at radius 3 is 2.22 bits per heavy atom. The maximum atomic E-state index is 14.5. The minimum Gasteiger partial charge on any atom is -0.497 e. The number of rotatable bonds is 13. The van der Waals surface area contributed by atoms with Crippen molar-refractivity contribution in [2.75, 3.05) is 24.5 Å². The first kappa shape index (κ1) is 33.8. The molecule has 236 valence electrons. The van der Waals surface area contributed by atoms with Crippen LogP contribution < -0.4 is 14.4 Å². The molecule has 0 heterocycles. The minimum atomic E-state index is -4.32. The highest BCUT2D eigenvalue weighted by Crippen LogP contribution is 2.35. The summed E-state index contributed by atoms with van der Waals surface area (Å²) in [5.41, 5.74) is 2.43. The number of sulfonamides is 1. The Balaban J connectivity index is 1.83. The molecule has 0 radical (unpaired) electrons. The van der Waals surface area contributed by atoms with Gasteiger partial charge in [-0.3, -0.25) is 13.9 Å². The van der Waals surface area contributed by atoms with Crippen molar-refractivity contribution in [2.24, 2.45) is 0 Å². The van der Waals surface area contributed by atoms with Gasteiger partial charge in [-0.2, -0.15) is 0 Å². The summed E-state index contributed by atoms with van der Waals surface area (Å²) in [5, 5.41) is 2.95. The summed E-state index contributed by atoms with van der Waals surface area (Å²) >= 11 is 12.9. The van der Waals surface area contributed by atoms with E-state index in [1.54, 1.807) is 43.3 Å². The van der Waals surface area contributed by atoms with E-state index in [1.807, 2.05) is 43.3 Å². The van der Waals surface area contributed by atoms with Crippen LogP contribution in [0.3, 0.4) is 0 Å². The fraction of sp³-hybridized carbons (Fsp3) is 0.235. The Bertz CT molecular complexity index is 1730. The standard InChI is InChI=1S/C34H35Cl2N3O5S/c1-4-37-34(41)31(21-25-10-6-5-7-11-25)38(22-26-12-8-13-27(20-26)44-3)32(40)23-39(30-15-9-14-29(35)33(30)36)45(42,43)28-18-16-24(2)17-19-28/h5-20,31H,4,21-23H2,1-3H3,(H,37,41). The van der Waals surface area contributed by atoms with Gasteiger partial charge in [0, 0.05) is 19.5 Å². The van der Waals surface area contributed by atoms with Gasteiger partial charge in [0.25, 0.3) is 10.0 Å². The van der Waals surface area contributed by atoms with E-state index >= 15 is 0 Å². The van der Waals surface area contributed by atoms with Gasteiger partial charge in [-0.15, -0.1) is 0 Å². The topological polar surface area (TPSA) is 96.0 Å². The van der Waals surface area contributed by atoms with Crippen LogP contribution in [-0.2, 0) is 32.6 Å². The second-order valence-electron chi connectivity index (χ2n) is 10.4. The van der Waals surface area contributed by atoms with E-state index < -0.39 is 28.5 Å². The molecule has 0 aliphatic heterocycles. The maximum absolute atomic E-state index is 14.5. The van der Waals surface area contributed by atoms with Crippen molar-refractivity contribution in [3.63, 3.8) is 0 Å². The zero-order valence-corrected chi connectivity index (χ0v) is 27.6. The molecule has 8 nitrogen and oxygen atoms in total. The highest BCUT2D eigenvalue weighted by Gasteiger charge is 2.35. The van der Waals surface area contributed by atoms with Crippen LogP contribution in [0.2, 0.25) is 10.0 Å². The molecule has 11 heteroatoms. The average molecular weight is 669 g/mol. The van der Waals surface area contributed by atoms with E-state index in [1.165, 1.54) is 36.3 Å². The highest BCUT2D eigenvalue weighted by atomic mass is 35.5. The van der Waals surface area contributed by atoms with Gasteiger partial charge < -0.3 is 15.0 Å². The van der Waals surface area contributed by atoms with Crippen LogP contribution in [0.4, 0.5) is 5.69 Å². The minimum absolute atomic E-state index is 0.00631. The van der Waals surface area contributed by atoms with Crippen LogP contribution in [0.1, 0.15) is 23.6 Å². The van der Waals surface area contributed by atoms with E-state index in [-0.39, 0.29) is 39.5 Å². The number of halogens is 2. The van der Waals surface area contributed by atoms with Crippen molar-refractivity contribution >= 4 is 50.7 Å². The summed E-state index contributed by atoms with van der Waals surface area (Å²) in [7, 11) is -2.78. The van der Waals surface area contributed by atoms with Gasteiger partial charge in [0.05, 0.1) is 27.7 Å². The quantitative estimate of drug-likeness (QED) is 0.181. The first-order valence-corrected chi connectivity index (χ1v) is 16.5. The van der Waals surface area contributed by atoms with Gasteiger partial charge in [-0.25, -0.2) is 8.42 Å². The average Bonchev–Trinajstić information content (AvgIpc) is 3.03. The van der Waals surface area contributed by atoms with Crippen molar-refractivity contribution in [2.45, 2.75) is 37.8 Å². The van der Waals surface area contributed by atoms with Crippen molar-refractivity contribution in [3.05, 3.63) is 124 Å². The number of nitrogens with zero attached hydrogens (tertiary/aromatic N) is 2. The molecule has 1 atom stereocenters. The predicted octanol–water partition coefficient (Wildman–Crippen LogP) is 6.28. The lowest BCUT2D eigenvalue weighted by molar-refractivity contribution is -0.140. The number of amides is 2. The molecule has 2 amide bonds. The number of nitrogens with one attached hydrogen (secondary N) is 1. The van der Waals surface area contributed by atoms with Crippen molar-refractivity contribution in [1.82, 2.24) is 10.2 Å². The molecular formula is C34H35Cl2N3O5S. The molecule has 0 aromatic heterocycles. The van der Waals surface area contributed by atoms with Gasteiger partial charge in [0.15, 0.2) is 0 Å². The van der Waals surface area contributed by atoms with E-state index in [0.29, 0.717) is 17.9 Å². The van der Waals surface area contributed by atoms with Crippen LogP contribution in [0.5, 0.6) is 5.75 Å². The molecule has 0 saturated heterocycles. The Morgan fingerprint density at radius 1 is 0.889 bits per heavy atom. The second-order valence-corrected chi connectivity index (χ2v) is 13.0. The highest BCUT2D eigenvalue weighted by molar-refractivity contribution is 7.92. The molecule has 0 spiro atoms. The number of carbonyl (C=O) groups excluding carboxylic acids is 2. The summed E-state index contributed by atoms with van der Waals surface area (Å²) in [6.07, 6.45) is 0.199. The summed E-state index contributed by atoms with van der Waals surface area (Å²) in [6, 6.07) is 26.4. The number of hydrogen-bond donors (Lipinski definition) is 1. The normalized spacial score (nSPS) is 11.8. The van der Waals surface area contributed by atoms with Crippen LogP contribution in [0.25, 0.3) is 0 Å². The first-order valence-electron chi connectivity index (χ1n) is 14.3. The molecule has 45 heavy (non-hydrogen) atoms. The third-order valence-electron chi connectivity index (χ3n) is 7.20. The Hall–Kier alpha value is -4.05. The van der Waals surface area contributed by atoms with Crippen molar-refractivity contribution in [3.8, 4) is 5.75 Å². The van der Waals surface area contributed by atoms with E-state index in [0.717, 1.165) is 15.4 Å². The van der Waals surface area contributed by atoms with E-state index in [2.05, 4.69) is 5.32 Å². The number of benzene rings is 4. The number of hydrogen-bond acceptors (Lipinski definition) is 5. The molecule has 0 aliphatic carbocycles. The van der Waals surface area contributed by atoms with Crippen LogP contribution in [0, 0.1) is 6.92 Å². The molecule has 0 aliphatic rings. The molecule has 1 N–H and O–H groups in total. The number of likely N-dealkylation sites (N-methyl/N-ethyl adjacent to an activating group) is 1. The Kier molecular flexibility index (Phi) is 11.5. The predicted molar refractivity (Wildman–Crippen MR) is 178 cm³/mol. The van der Waals surface area contributed by atoms with Crippen LogP contribution in [0.15, 0.2) is 102 Å². The van der Waals surface area contributed by atoms with Crippen molar-refractivity contribution in [1.29, 1.82) is 0 Å². The lowest BCUT2D eigenvalue weighted by Crippen LogP contribution is -2.53. The Morgan fingerprint density at radius 2 is 1.56 bits per heavy atom. The molecule has 0 saturated carbocycles. The number of methoxy groups -OCH3 is 1. The maximum Gasteiger partial charge on any atom is 0.264 e. The van der Waals surface area contributed by atoms with Gasteiger partial charge in [0.1, 0.15) is 18.3 Å². The van der Waals surface area contributed by atoms with Crippen LogP contribution in [-0.4, -0.2) is 51.4 Å². The first-order chi connectivity index (χ1) is 21.5.